The van der Waals surface area contributed by atoms with Gasteiger partial charge in [0.1, 0.15) is 35.6 Å². The van der Waals surface area contributed by atoms with Gasteiger partial charge in [-0.05, 0) is 63.5 Å². The van der Waals surface area contributed by atoms with E-state index < -0.39 is 149 Å². The van der Waals surface area contributed by atoms with E-state index in [9.17, 15) is 43.8 Å². The molecule has 2 aromatic rings. The third-order valence-corrected chi connectivity index (χ3v) is 14.3. The van der Waals surface area contributed by atoms with Gasteiger partial charge in [-0.15, -0.1) is 0 Å². The van der Waals surface area contributed by atoms with Crippen LogP contribution >= 0.6 is 0 Å². The third-order valence-electron chi connectivity index (χ3n) is 14.3. The summed E-state index contributed by atoms with van der Waals surface area (Å²) in [7, 11) is 2.78. The number of alkyl carbamates (subject to hydrolysis) is 1. The van der Waals surface area contributed by atoms with E-state index in [0.717, 1.165) is 0 Å². The Morgan fingerprint density at radius 2 is 1.42 bits per heavy atom. The minimum absolute atomic E-state index is 0.121. The predicted octanol–water partition coefficient (Wildman–Crippen LogP) is 3.32. The minimum atomic E-state index is -2.74. The van der Waals surface area contributed by atoms with Crippen LogP contribution in [-0.4, -0.2) is 158 Å². The van der Waals surface area contributed by atoms with Crippen molar-refractivity contribution in [1.82, 2.24) is 5.32 Å². The van der Waals surface area contributed by atoms with Crippen molar-refractivity contribution in [2.75, 3.05) is 20.8 Å². The van der Waals surface area contributed by atoms with Crippen LogP contribution in [0.5, 0.6) is 0 Å². The van der Waals surface area contributed by atoms with Crippen molar-refractivity contribution in [3.05, 3.63) is 82.9 Å². The molecule has 1 amide bonds. The maximum atomic E-state index is 15.5. The molecule has 22 heteroatoms. The molecule has 2 saturated carbocycles. The van der Waals surface area contributed by atoms with Crippen molar-refractivity contribution in [3.8, 4) is 0 Å². The molecule has 7 N–H and O–H groups in total. The summed E-state index contributed by atoms with van der Waals surface area (Å²) >= 11 is 0. The fourth-order valence-corrected chi connectivity index (χ4v) is 10.8. The van der Waals surface area contributed by atoms with E-state index in [0.29, 0.717) is 11.1 Å². The normalized spacial score (nSPS) is 29.0. The highest BCUT2D eigenvalue weighted by atomic mass is 16.6. The number of esters is 3. The predicted molar refractivity (Wildman–Crippen MR) is 250 cm³/mol. The standard InChI is InChI=1S/C45H57NO14.C6H8O7/c1-24-28(57-39(51)33(48)32(26-17-13-11-14-18-26)46-40(52)60-41(3,4)5)22-45(53)37(58-38(50)27-19-15-12-16-20-27)35-43(8,36(49)34(55-10)31(24)42(45,6)7)29(54-9)21-30-44(35,23-56-30)59-25(2)47;7-3(8)1-6(13,5(11)12)2-4(9)10/h11-20,28-30,32-35,37,48,53H,21-23H2,1-10H3,(H,46,52);13H,1-2H2,(H,7,8)(H,9,10)(H,11,12)/t28-,29-,30+,32-,33+,34+,35?,37-,43+,44-,45+;/m0./s1. The van der Waals surface area contributed by atoms with Gasteiger partial charge >= 0.3 is 41.9 Å². The fraction of sp³-hybridized carbons (Fsp3) is 0.569. The number of methoxy groups -OCH3 is 2. The lowest BCUT2D eigenvalue weighted by atomic mass is 9.44. The summed E-state index contributed by atoms with van der Waals surface area (Å²) in [6, 6.07) is 15.1. The molecule has 1 heterocycles. The van der Waals surface area contributed by atoms with Gasteiger partial charge < -0.3 is 69.1 Å². The van der Waals surface area contributed by atoms with Crippen molar-refractivity contribution in [2.24, 2.45) is 16.7 Å². The van der Waals surface area contributed by atoms with Gasteiger partial charge in [0.2, 0.25) is 0 Å². The number of Topliss-reactive ketones (excluding diaryl/α,β-unsaturated/α-hetero) is 1. The monoisotopic (exact) mass is 1030 g/mol. The molecule has 3 fully saturated rings. The summed E-state index contributed by atoms with van der Waals surface area (Å²) < 4.78 is 42.4. The van der Waals surface area contributed by atoms with Crippen molar-refractivity contribution < 1.29 is 102 Å². The lowest BCUT2D eigenvalue weighted by Crippen LogP contribution is -2.82. The Bertz CT molecular complexity index is 2450. The number of benzene rings is 2. The number of carbonyl (C=O) groups excluding carboxylic acids is 5. The highest BCUT2D eigenvalue weighted by molar-refractivity contribution is 5.94. The summed E-state index contributed by atoms with van der Waals surface area (Å²) in [4.78, 5) is 101. The first-order valence-electron chi connectivity index (χ1n) is 23.3. The number of ketones is 1. The number of rotatable bonds is 15. The highest BCUT2D eigenvalue weighted by Crippen LogP contribution is 2.65. The topological polar surface area (TPSA) is 335 Å². The molecular formula is C51H65NO21. The molecule has 3 aliphatic carbocycles. The van der Waals surface area contributed by atoms with Crippen LogP contribution in [0.3, 0.4) is 0 Å². The number of carboxylic acid groups (broad SMARTS) is 3. The number of carbonyl (C=O) groups is 8. The van der Waals surface area contributed by atoms with Gasteiger partial charge in [-0.3, -0.25) is 19.2 Å². The highest BCUT2D eigenvalue weighted by Gasteiger charge is 2.78. The Kier molecular flexibility index (Phi) is 17.1. The molecule has 1 aliphatic heterocycles. The zero-order chi connectivity index (χ0) is 54.8. The first-order chi connectivity index (χ1) is 33.8. The average Bonchev–Trinajstić information content (AvgIpc) is 3.28. The first kappa shape index (κ1) is 57.6. The molecule has 2 bridgehead atoms. The van der Waals surface area contributed by atoms with Crippen molar-refractivity contribution >= 4 is 47.7 Å². The second-order valence-corrected chi connectivity index (χ2v) is 20.5. The number of carboxylic acids is 3. The zero-order valence-corrected chi connectivity index (χ0v) is 42.2. The van der Waals surface area contributed by atoms with Crippen molar-refractivity contribution in [3.63, 3.8) is 0 Å². The zero-order valence-electron chi connectivity index (χ0n) is 42.2. The summed E-state index contributed by atoms with van der Waals surface area (Å²) in [6.07, 6.45) is -11.6. The molecular weight excluding hydrogens is 963 g/mol. The lowest BCUT2D eigenvalue weighted by molar-refractivity contribution is -0.347. The molecule has 73 heavy (non-hydrogen) atoms. The summed E-state index contributed by atoms with van der Waals surface area (Å²) in [5, 5.41) is 61.8. The molecule has 2 aromatic carbocycles. The first-order valence-corrected chi connectivity index (χ1v) is 23.3. The van der Waals surface area contributed by atoms with Gasteiger partial charge in [-0.1, -0.05) is 62.4 Å². The summed E-state index contributed by atoms with van der Waals surface area (Å²) in [5.41, 5.74) is -9.46. The van der Waals surface area contributed by atoms with Crippen LogP contribution < -0.4 is 5.32 Å². The van der Waals surface area contributed by atoms with E-state index in [4.69, 9.17) is 53.6 Å². The van der Waals surface area contributed by atoms with E-state index in [2.05, 4.69) is 5.32 Å². The Morgan fingerprint density at radius 3 is 1.89 bits per heavy atom. The molecule has 400 valence electrons. The van der Waals surface area contributed by atoms with Crippen molar-refractivity contribution in [1.29, 1.82) is 0 Å². The number of nitrogens with one attached hydrogen (secondary N) is 1. The molecule has 4 aliphatic rings. The lowest BCUT2D eigenvalue weighted by Gasteiger charge is -2.67. The van der Waals surface area contributed by atoms with Crippen LogP contribution in [0.15, 0.2) is 71.8 Å². The second-order valence-electron chi connectivity index (χ2n) is 20.5. The minimum Gasteiger partial charge on any atom is -0.481 e. The largest absolute Gasteiger partial charge is 0.481 e. The molecule has 0 aromatic heterocycles. The van der Waals surface area contributed by atoms with E-state index in [1.807, 2.05) is 0 Å². The van der Waals surface area contributed by atoms with Crippen LogP contribution in [0.25, 0.3) is 0 Å². The fourth-order valence-electron chi connectivity index (χ4n) is 10.8. The van der Waals surface area contributed by atoms with E-state index >= 15 is 4.79 Å². The van der Waals surface area contributed by atoms with Crippen LogP contribution in [-0.2, 0) is 61.9 Å². The number of amides is 1. The Morgan fingerprint density at radius 1 is 0.863 bits per heavy atom. The third kappa shape index (κ3) is 11.3. The number of fused-ring (bicyclic) bond motifs is 5. The maximum Gasteiger partial charge on any atom is 0.408 e. The second kappa shape index (κ2) is 21.7. The molecule has 11 atom stereocenters. The molecule has 22 nitrogen and oxygen atoms in total. The number of aliphatic carboxylic acids is 3. The number of hydrogen-bond donors (Lipinski definition) is 7. The van der Waals surface area contributed by atoms with Crippen molar-refractivity contribution in [2.45, 2.75) is 146 Å². The van der Waals surface area contributed by atoms with Crippen LogP contribution in [0, 0.1) is 16.7 Å². The molecule has 1 unspecified atom stereocenters. The Hall–Kier alpha value is -6.30. The molecule has 0 radical (unpaired) electrons. The number of ether oxygens (including phenoxy) is 7. The average molecular weight is 1030 g/mol. The number of aliphatic hydroxyl groups excluding tert-OH is 1. The Labute approximate surface area is 420 Å². The van der Waals surface area contributed by atoms with Gasteiger partial charge in [-0.25, -0.2) is 19.2 Å². The number of hydrogen-bond acceptors (Lipinski definition) is 18. The van der Waals surface area contributed by atoms with E-state index in [1.54, 1.807) is 109 Å². The smallest absolute Gasteiger partial charge is 0.408 e. The van der Waals surface area contributed by atoms with Gasteiger partial charge in [0.25, 0.3) is 0 Å². The van der Waals surface area contributed by atoms with Gasteiger partial charge in [0.15, 0.2) is 23.1 Å². The molecule has 1 saturated heterocycles. The van der Waals surface area contributed by atoms with Crippen LogP contribution in [0.2, 0.25) is 0 Å². The van der Waals surface area contributed by atoms with E-state index in [-0.39, 0.29) is 24.2 Å². The quantitative estimate of drug-likeness (QED) is 0.0764. The maximum absolute atomic E-state index is 15.5. The molecule has 0 spiro atoms. The van der Waals surface area contributed by atoms with Gasteiger partial charge in [0.05, 0.1) is 48.5 Å². The molecule has 6 rings (SSSR count). The summed E-state index contributed by atoms with van der Waals surface area (Å²) in [5.74, 6) is -9.54. The van der Waals surface area contributed by atoms with Gasteiger partial charge in [-0.2, -0.15) is 0 Å². The Balaban J connectivity index is 0.000000667. The van der Waals surface area contributed by atoms with Crippen LogP contribution in [0.4, 0.5) is 4.79 Å². The summed E-state index contributed by atoms with van der Waals surface area (Å²) in [6.45, 7) is 12.7. The van der Waals surface area contributed by atoms with Crippen LogP contribution in [0.1, 0.15) is 103 Å². The van der Waals surface area contributed by atoms with Gasteiger partial charge in [0, 0.05) is 39.4 Å². The number of aliphatic hydroxyl groups is 3. The SMILES string of the molecule is CO[C@H]1C(=O)[C@@]2(C)C([C@H](OC(=O)c3ccccc3)[C@]3(O)C[C@H](OC(=O)[C@H](O)[C@@H](NC(=O)OC(C)(C)C)c4ccccc4)C(C)=C1C3(C)C)[C@]1(OC(C)=O)CO[C@@H]1C[C@@H]2OC.O=C(O)CC(O)(CC(=O)O)C(=O)O. The van der Waals surface area contributed by atoms with E-state index in [1.165, 1.54) is 21.1 Å².